The van der Waals surface area contributed by atoms with Gasteiger partial charge in [-0.05, 0) is 31.0 Å². The quantitative estimate of drug-likeness (QED) is 0.766. The van der Waals surface area contributed by atoms with Gasteiger partial charge in [0.1, 0.15) is 5.01 Å². The van der Waals surface area contributed by atoms with Crippen LogP contribution in [0.15, 0.2) is 24.3 Å². The van der Waals surface area contributed by atoms with Crippen LogP contribution in [0.4, 0.5) is 0 Å². The Balaban J connectivity index is 1.38. The maximum atomic E-state index is 12.1. The molecule has 0 saturated heterocycles. The fraction of sp³-hybridized carbons (Fsp3) is 0.312. The van der Waals surface area contributed by atoms with Crippen molar-refractivity contribution >= 4 is 22.2 Å². The molecule has 4 rings (SSSR count). The van der Waals surface area contributed by atoms with Gasteiger partial charge in [-0.1, -0.05) is 17.4 Å². The third kappa shape index (κ3) is 2.86. The number of rotatable bonds is 5. The Bertz CT molecular complexity index is 949. The highest BCUT2D eigenvalue weighted by atomic mass is 32.1. The molecule has 0 bridgehead atoms. The number of hydrogen-bond donors (Lipinski definition) is 1. The van der Waals surface area contributed by atoms with Crippen LogP contribution in [0.25, 0.3) is 4.96 Å². The summed E-state index contributed by atoms with van der Waals surface area (Å²) in [5, 5.41) is 25.6. The summed E-state index contributed by atoms with van der Waals surface area (Å²) < 4.78 is 1.83. The Labute approximate surface area is 141 Å². The van der Waals surface area contributed by atoms with Crippen molar-refractivity contribution in [1.82, 2.24) is 25.1 Å². The molecular formula is C16H14N6OS. The molecule has 0 unspecified atom stereocenters. The summed E-state index contributed by atoms with van der Waals surface area (Å²) in [4.78, 5) is 12.9. The predicted octanol–water partition coefficient (Wildman–Crippen LogP) is 1.91. The van der Waals surface area contributed by atoms with Crippen LogP contribution in [0.2, 0.25) is 0 Å². The van der Waals surface area contributed by atoms with Crippen LogP contribution in [0.5, 0.6) is 0 Å². The zero-order chi connectivity index (χ0) is 16.5. The van der Waals surface area contributed by atoms with Crippen molar-refractivity contribution in [3.63, 3.8) is 0 Å². The van der Waals surface area contributed by atoms with Crippen LogP contribution in [-0.4, -0.2) is 32.3 Å². The largest absolute Gasteiger partial charge is 0.352 e. The third-order valence-corrected chi connectivity index (χ3v) is 4.84. The van der Waals surface area contributed by atoms with E-state index in [0.29, 0.717) is 30.0 Å². The minimum Gasteiger partial charge on any atom is -0.352 e. The number of nitriles is 1. The SMILES string of the molecule is N#Cc1cccc(C(=O)NCCc2nn3c(C4CC4)nnc3s2)c1. The Kier molecular flexibility index (Phi) is 3.70. The summed E-state index contributed by atoms with van der Waals surface area (Å²) in [6.45, 7) is 0.485. The van der Waals surface area contributed by atoms with Crippen molar-refractivity contribution in [3.8, 4) is 6.07 Å². The van der Waals surface area contributed by atoms with Crippen LogP contribution in [0, 0.1) is 11.3 Å². The summed E-state index contributed by atoms with van der Waals surface area (Å²) >= 11 is 1.50. The number of carbonyl (C=O) groups is 1. The molecule has 1 aliphatic carbocycles. The Morgan fingerprint density at radius 1 is 1.42 bits per heavy atom. The van der Waals surface area contributed by atoms with Gasteiger partial charge in [-0.2, -0.15) is 14.9 Å². The zero-order valence-corrected chi connectivity index (χ0v) is 13.6. The van der Waals surface area contributed by atoms with Crippen molar-refractivity contribution < 1.29 is 4.79 Å². The van der Waals surface area contributed by atoms with Crippen LogP contribution >= 0.6 is 11.3 Å². The van der Waals surface area contributed by atoms with Crippen LogP contribution in [-0.2, 0) is 6.42 Å². The molecule has 8 heteroatoms. The first-order valence-corrected chi connectivity index (χ1v) is 8.55. The lowest BCUT2D eigenvalue weighted by atomic mass is 10.1. The molecule has 24 heavy (non-hydrogen) atoms. The number of benzene rings is 1. The maximum absolute atomic E-state index is 12.1. The molecule has 0 radical (unpaired) electrons. The molecule has 1 N–H and O–H groups in total. The number of nitrogens with one attached hydrogen (secondary N) is 1. The molecule has 120 valence electrons. The summed E-state index contributed by atoms with van der Waals surface area (Å²) in [6, 6.07) is 8.69. The fourth-order valence-electron chi connectivity index (χ4n) is 2.48. The number of carbonyl (C=O) groups excluding carboxylic acids is 1. The molecule has 1 aliphatic rings. The molecule has 0 atom stereocenters. The number of aromatic nitrogens is 4. The van der Waals surface area contributed by atoms with Crippen molar-refractivity contribution in [3.05, 3.63) is 46.2 Å². The van der Waals surface area contributed by atoms with Crippen molar-refractivity contribution in [2.45, 2.75) is 25.2 Å². The first-order chi connectivity index (χ1) is 11.7. The summed E-state index contributed by atoms with van der Waals surface area (Å²) in [5.74, 6) is 1.26. The predicted molar refractivity (Wildman–Crippen MR) is 87.8 cm³/mol. The van der Waals surface area contributed by atoms with Gasteiger partial charge in [0, 0.05) is 24.4 Å². The van der Waals surface area contributed by atoms with Gasteiger partial charge in [0.25, 0.3) is 5.91 Å². The van der Waals surface area contributed by atoms with Gasteiger partial charge in [0.05, 0.1) is 11.6 Å². The second-order valence-corrected chi connectivity index (χ2v) is 6.76. The lowest BCUT2D eigenvalue weighted by molar-refractivity contribution is 0.0954. The summed E-state index contributed by atoms with van der Waals surface area (Å²) in [7, 11) is 0. The van der Waals surface area contributed by atoms with E-state index in [1.807, 2.05) is 10.6 Å². The van der Waals surface area contributed by atoms with E-state index in [0.717, 1.165) is 28.6 Å². The van der Waals surface area contributed by atoms with Gasteiger partial charge < -0.3 is 5.32 Å². The van der Waals surface area contributed by atoms with Crippen molar-refractivity contribution in [2.24, 2.45) is 0 Å². The maximum Gasteiger partial charge on any atom is 0.251 e. The first-order valence-electron chi connectivity index (χ1n) is 7.74. The minimum absolute atomic E-state index is 0.186. The standard InChI is InChI=1S/C16H14N6OS/c17-9-10-2-1-3-12(8-10)15(23)18-7-6-13-21-22-14(11-4-5-11)19-20-16(22)24-13/h1-3,8,11H,4-7H2,(H,18,23). The number of fused-ring (bicyclic) bond motifs is 1. The zero-order valence-electron chi connectivity index (χ0n) is 12.8. The van der Waals surface area contributed by atoms with Crippen LogP contribution in [0.3, 0.4) is 0 Å². The van der Waals surface area contributed by atoms with Crippen molar-refractivity contribution in [2.75, 3.05) is 6.54 Å². The highest BCUT2D eigenvalue weighted by Gasteiger charge is 2.29. The Hall–Kier alpha value is -2.79. The lowest BCUT2D eigenvalue weighted by Gasteiger charge is -2.03. The second kappa shape index (κ2) is 6.02. The number of amides is 1. The van der Waals surface area contributed by atoms with E-state index in [1.54, 1.807) is 24.3 Å². The first kappa shape index (κ1) is 14.8. The average Bonchev–Trinajstić information content (AvgIpc) is 3.25. The van der Waals surface area contributed by atoms with Gasteiger partial charge >= 0.3 is 0 Å². The number of hydrogen-bond acceptors (Lipinski definition) is 6. The van der Waals surface area contributed by atoms with Crippen LogP contribution < -0.4 is 5.32 Å². The van der Waals surface area contributed by atoms with E-state index >= 15 is 0 Å². The fourth-order valence-corrected chi connectivity index (χ4v) is 3.32. The minimum atomic E-state index is -0.186. The molecule has 0 spiro atoms. The molecule has 1 fully saturated rings. The molecule has 0 aliphatic heterocycles. The van der Waals surface area contributed by atoms with Crippen molar-refractivity contribution in [1.29, 1.82) is 5.26 Å². The van der Waals surface area contributed by atoms with E-state index in [9.17, 15) is 4.79 Å². The van der Waals surface area contributed by atoms with E-state index in [1.165, 1.54) is 11.3 Å². The van der Waals surface area contributed by atoms with E-state index in [-0.39, 0.29) is 5.91 Å². The van der Waals surface area contributed by atoms with E-state index in [4.69, 9.17) is 5.26 Å². The molecule has 1 amide bonds. The van der Waals surface area contributed by atoms with Gasteiger partial charge in [-0.25, -0.2) is 0 Å². The summed E-state index contributed by atoms with van der Waals surface area (Å²) in [5.41, 5.74) is 0.965. The second-order valence-electron chi connectivity index (χ2n) is 5.72. The third-order valence-electron chi connectivity index (χ3n) is 3.88. The molecule has 2 aromatic heterocycles. The lowest BCUT2D eigenvalue weighted by Crippen LogP contribution is -2.25. The highest BCUT2D eigenvalue weighted by Crippen LogP contribution is 2.39. The topological polar surface area (TPSA) is 96.0 Å². The molecular weight excluding hydrogens is 324 g/mol. The van der Waals surface area contributed by atoms with Crippen LogP contribution in [0.1, 0.15) is 45.5 Å². The van der Waals surface area contributed by atoms with Gasteiger partial charge in [0.15, 0.2) is 5.82 Å². The smallest absolute Gasteiger partial charge is 0.251 e. The Morgan fingerprint density at radius 3 is 3.08 bits per heavy atom. The van der Waals surface area contributed by atoms with E-state index in [2.05, 4.69) is 20.6 Å². The molecule has 1 saturated carbocycles. The van der Waals surface area contributed by atoms with E-state index < -0.39 is 0 Å². The molecule has 2 heterocycles. The summed E-state index contributed by atoms with van der Waals surface area (Å²) in [6.07, 6.45) is 2.96. The van der Waals surface area contributed by atoms with Gasteiger partial charge in [0.2, 0.25) is 4.96 Å². The highest BCUT2D eigenvalue weighted by molar-refractivity contribution is 7.16. The molecule has 3 aromatic rings. The average molecular weight is 338 g/mol. The normalized spacial score (nSPS) is 13.8. The Morgan fingerprint density at radius 2 is 2.29 bits per heavy atom. The number of nitrogens with zero attached hydrogens (tertiary/aromatic N) is 5. The molecule has 1 aromatic carbocycles. The van der Waals surface area contributed by atoms with Gasteiger partial charge in [-0.15, -0.1) is 10.2 Å². The molecule has 7 nitrogen and oxygen atoms in total. The van der Waals surface area contributed by atoms with Gasteiger partial charge in [-0.3, -0.25) is 4.79 Å². The monoisotopic (exact) mass is 338 g/mol.